The Bertz CT molecular complexity index is 416. The van der Waals surface area contributed by atoms with Gasteiger partial charge in [0.15, 0.2) is 0 Å². The fourth-order valence-corrected chi connectivity index (χ4v) is 3.48. The molecule has 0 aromatic carbocycles. The molecule has 3 atom stereocenters. The van der Waals surface area contributed by atoms with Crippen molar-refractivity contribution in [1.82, 2.24) is 9.78 Å². The Morgan fingerprint density at radius 2 is 2.22 bits per heavy atom. The lowest BCUT2D eigenvalue weighted by atomic mass is 9.96. The highest BCUT2D eigenvalue weighted by molar-refractivity contribution is 9.10. The number of halogens is 1. The van der Waals surface area contributed by atoms with E-state index in [1.165, 1.54) is 12.8 Å². The normalized spacial score (nSPS) is 25.6. The molecule has 0 amide bonds. The largest absolute Gasteiger partial charge is 0.392 e. The molecule has 1 heterocycles. The predicted octanol–water partition coefficient (Wildman–Crippen LogP) is 3.31. The van der Waals surface area contributed by atoms with Gasteiger partial charge in [0.1, 0.15) is 0 Å². The molecule has 3 nitrogen and oxygen atoms in total. The SMILES string of the molecule is CCn1nc(C)c(Br)c1CC(O)C1CCC(C)C1. The Balaban J connectivity index is 2.09. The Kier molecular flexibility index (Phi) is 4.49. The lowest BCUT2D eigenvalue weighted by Crippen LogP contribution is -2.22. The van der Waals surface area contributed by atoms with E-state index in [-0.39, 0.29) is 6.10 Å². The average Bonchev–Trinajstić information content (AvgIpc) is 2.88. The molecule has 4 heteroatoms. The van der Waals surface area contributed by atoms with Crippen LogP contribution in [-0.2, 0) is 13.0 Å². The Morgan fingerprint density at radius 3 is 2.78 bits per heavy atom. The summed E-state index contributed by atoms with van der Waals surface area (Å²) in [4.78, 5) is 0. The van der Waals surface area contributed by atoms with E-state index in [1.807, 2.05) is 11.6 Å². The van der Waals surface area contributed by atoms with Crippen LogP contribution in [0.3, 0.4) is 0 Å². The maximum absolute atomic E-state index is 10.4. The van der Waals surface area contributed by atoms with Crippen molar-refractivity contribution in [2.45, 2.75) is 59.1 Å². The average molecular weight is 315 g/mol. The quantitative estimate of drug-likeness (QED) is 0.925. The Hall–Kier alpha value is -0.350. The number of aromatic nitrogens is 2. The molecule has 1 aliphatic rings. The summed E-state index contributed by atoms with van der Waals surface area (Å²) in [7, 11) is 0. The zero-order chi connectivity index (χ0) is 13.3. The summed E-state index contributed by atoms with van der Waals surface area (Å²) in [5.74, 6) is 1.23. The van der Waals surface area contributed by atoms with Crippen molar-refractivity contribution in [2.75, 3.05) is 0 Å². The molecule has 1 aromatic heterocycles. The van der Waals surface area contributed by atoms with E-state index >= 15 is 0 Å². The van der Waals surface area contributed by atoms with Crippen molar-refractivity contribution in [1.29, 1.82) is 0 Å². The van der Waals surface area contributed by atoms with Crippen molar-refractivity contribution >= 4 is 15.9 Å². The van der Waals surface area contributed by atoms with Gasteiger partial charge in [0.05, 0.1) is 22.0 Å². The Morgan fingerprint density at radius 1 is 1.50 bits per heavy atom. The number of aryl methyl sites for hydroxylation is 2. The summed E-state index contributed by atoms with van der Waals surface area (Å²) in [6.07, 6.45) is 4.08. The van der Waals surface area contributed by atoms with E-state index in [0.717, 1.165) is 34.7 Å². The van der Waals surface area contributed by atoms with Gasteiger partial charge in [-0.15, -0.1) is 0 Å². The Labute approximate surface area is 118 Å². The van der Waals surface area contributed by atoms with Gasteiger partial charge in [-0.1, -0.05) is 13.3 Å². The fraction of sp³-hybridized carbons (Fsp3) is 0.786. The van der Waals surface area contributed by atoms with Crippen LogP contribution in [0, 0.1) is 18.8 Å². The van der Waals surface area contributed by atoms with Gasteiger partial charge in [-0.25, -0.2) is 0 Å². The van der Waals surface area contributed by atoms with E-state index in [1.54, 1.807) is 0 Å². The topological polar surface area (TPSA) is 38.0 Å². The minimum Gasteiger partial charge on any atom is -0.392 e. The van der Waals surface area contributed by atoms with Crippen molar-refractivity contribution < 1.29 is 5.11 Å². The molecule has 1 aliphatic carbocycles. The first-order valence-electron chi connectivity index (χ1n) is 6.92. The summed E-state index contributed by atoms with van der Waals surface area (Å²) in [6, 6.07) is 0. The van der Waals surface area contributed by atoms with E-state index in [4.69, 9.17) is 0 Å². The summed E-state index contributed by atoms with van der Waals surface area (Å²) >= 11 is 3.60. The summed E-state index contributed by atoms with van der Waals surface area (Å²) in [5, 5.41) is 14.9. The molecule has 0 bridgehead atoms. The van der Waals surface area contributed by atoms with Crippen LogP contribution in [0.5, 0.6) is 0 Å². The third-order valence-corrected chi connectivity index (χ3v) is 5.17. The van der Waals surface area contributed by atoms with Crippen LogP contribution in [0.4, 0.5) is 0 Å². The molecule has 1 aromatic rings. The minimum atomic E-state index is -0.229. The molecule has 18 heavy (non-hydrogen) atoms. The number of hydrogen-bond acceptors (Lipinski definition) is 2. The van der Waals surface area contributed by atoms with E-state index in [9.17, 15) is 5.11 Å². The molecule has 102 valence electrons. The molecule has 0 saturated heterocycles. The van der Waals surface area contributed by atoms with Crippen molar-refractivity contribution in [3.63, 3.8) is 0 Å². The van der Waals surface area contributed by atoms with E-state index < -0.39 is 0 Å². The highest BCUT2D eigenvalue weighted by Gasteiger charge is 2.29. The van der Waals surface area contributed by atoms with Crippen molar-refractivity contribution in [3.05, 3.63) is 15.9 Å². The fourth-order valence-electron chi connectivity index (χ4n) is 3.03. The standard InChI is InChI=1S/C14H23BrN2O/c1-4-17-12(14(15)10(3)16-17)8-13(18)11-6-5-9(2)7-11/h9,11,13,18H,4-8H2,1-3H3. The number of hydrogen-bond donors (Lipinski definition) is 1. The molecule has 1 saturated carbocycles. The summed E-state index contributed by atoms with van der Waals surface area (Å²) < 4.78 is 3.07. The molecule has 2 rings (SSSR count). The van der Waals surface area contributed by atoms with Gasteiger partial charge in [-0.2, -0.15) is 5.10 Å². The van der Waals surface area contributed by atoms with Crippen LogP contribution in [-0.4, -0.2) is 21.0 Å². The molecule has 0 spiro atoms. The molecule has 0 radical (unpaired) electrons. The van der Waals surface area contributed by atoms with Gasteiger partial charge in [0.25, 0.3) is 0 Å². The van der Waals surface area contributed by atoms with Crippen molar-refractivity contribution in [2.24, 2.45) is 11.8 Å². The van der Waals surface area contributed by atoms with Crippen LogP contribution in [0.25, 0.3) is 0 Å². The molecule has 1 N–H and O–H groups in total. The van der Waals surface area contributed by atoms with Crippen LogP contribution in [0.2, 0.25) is 0 Å². The van der Waals surface area contributed by atoms with E-state index in [2.05, 4.69) is 34.9 Å². The maximum atomic E-state index is 10.4. The predicted molar refractivity (Wildman–Crippen MR) is 76.6 cm³/mol. The summed E-state index contributed by atoms with van der Waals surface area (Å²) in [6.45, 7) is 7.23. The second-order valence-corrected chi connectivity index (χ2v) is 6.40. The first-order valence-corrected chi connectivity index (χ1v) is 7.72. The number of aliphatic hydroxyl groups excluding tert-OH is 1. The first kappa shape index (κ1) is 14.1. The third-order valence-electron chi connectivity index (χ3n) is 4.13. The van der Waals surface area contributed by atoms with Gasteiger partial charge >= 0.3 is 0 Å². The number of nitrogens with zero attached hydrogens (tertiary/aromatic N) is 2. The van der Waals surface area contributed by atoms with Gasteiger partial charge < -0.3 is 5.11 Å². The number of rotatable bonds is 4. The van der Waals surface area contributed by atoms with Crippen molar-refractivity contribution in [3.8, 4) is 0 Å². The number of aliphatic hydroxyl groups is 1. The molecule has 3 unspecified atom stereocenters. The van der Waals surface area contributed by atoms with Crippen LogP contribution < -0.4 is 0 Å². The van der Waals surface area contributed by atoms with Crippen LogP contribution in [0.15, 0.2) is 4.47 Å². The molecular weight excluding hydrogens is 292 g/mol. The highest BCUT2D eigenvalue weighted by atomic mass is 79.9. The lowest BCUT2D eigenvalue weighted by molar-refractivity contribution is 0.107. The van der Waals surface area contributed by atoms with Crippen LogP contribution >= 0.6 is 15.9 Å². The van der Waals surface area contributed by atoms with Crippen LogP contribution in [0.1, 0.15) is 44.5 Å². The van der Waals surface area contributed by atoms with Gasteiger partial charge in [-0.05, 0) is 54.5 Å². The maximum Gasteiger partial charge on any atom is 0.0738 e. The van der Waals surface area contributed by atoms with E-state index in [0.29, 0.717) is 12.3 Å². The van der Waals surface area contributed by atoms with Gasteiger partial charge in [0.2, 0.25) is 0 Å². The zero-order valence-electron chi connectivity index (χ0n) is 11.5. The monoisotopic (exact) mass is 314 g/mol. The lowest BCUT2D eigenvalue weighted by Gasteiger charge is -2.18. The minimum absolute atomic E-state index is 0.229. The second kappa shape index (κ2) is 5.74. The smallest absolute Gasteiger partial charge is 0.0738 e. The second-order valence-electron chi connectivity index (χ2n) is 5.61. The van der Waals surface area contributed by atoms with Gasteiger partial charge in [0, 0.05) is 13.0 Å². The first-order chi connectivity index (χ1) is 8.52. The summed E-state index contributed by atoms with van der Waals surface area (Å²) in [5.41, 5.74) is 2.15. The molecule has 1 fully saturated rings. The molecular formula is C14H23BrN2O. The highest BCUT2D eigenvalue weighted by Crippen LogP contribution is 2.34. The zero-order valence-corrected chi connectivity index (χ0v) is 13.1. The third kappa shape index (κ3) is 2.80. The molecule has 0 aliphatic heterocycles. The van der Waals surface area contributed by atoms with Gasteiger partial charge in [-0.3, -0.25) is 4.68 Å².